The third-order valence-electron chi connectivity index (χ3n) is 3.78. The lowest BCUT2D eigenvalue weighted by atomic mass is 10.0. The number of nitrogens with zero attached hydrogens (tertiary/aromatic N) is 3. The van der Waals surface area contributed by atoms with Crippen molar-refractivity contribution in [2.45, 2.75) is 19.9 Å². The van der Waals surface area contributed by atoms with E-state index in [2.05, 4.69) is 21.0 Å². The Balaban J connectivity index is 2.10. The Bertz CT molecular complexity index is 752. The number of benzene rings is 1. The van der Waals surface area contributed by atoms with Crippen molar-refractivity contribution in [2.75, 3.05) is 6.54 Å². The van der Waals surface area contributed by atoms with E-state index >= 15 is 0 Å². The number of aromatic carboxylic acids is 1. The molecule has 0 bridgehead atoms. The summed E-state index contributed by atoms with van der Waals surface area (Å²) < 4.78 is 2.61. The van der Waals surface area contributed by atoms with Crippen LogP contribution >= 0.6 is 15.9 Å². The quantitative estimate of drug-likeness (QED) is 0.887. The molecule has 2 heterocycles. The molecular weight excluding hydrogens is 350 g/mol. The summed E-state index contributed by atoms with van der Waals surface area (Å²) in [4.78, 5) is 24.7. The van der Waals surface area contributed by atoms with Gasteiger partial charge >= 0.3 is 5.97 Å². The van der Waals surface area contributed by atoms with Crippen LogP contribution in [0, 0.1) is 0 Å². The van der Waals surface area contributed by atoms with Gasteiger partial charge in [0, 0.05) is 36.5 Å². The number of fused-ring (bicyclic) bond motifs is 1. The van der Waals surface area contributed by atoms with Crippen LogP contribution in [0.15, 0.2) is 28.7 Å². The standard InChI is InChI=1S/C15H14BrN3O3/c1-9(20)18-7-6-13-12(8-18)14(15(21)22)17-19(13)11-4-2-10(16)3-5-11/h2-5H,6-8H2,1H3,(H,21,22). The van der Waals surface area contributed by atoms with Crippen molar-refractivity contribution >= 4 is 27.8 Å². The summed E-state index contributed by atoms with van der Waals surface area (Å²) in [5.74, 6) is -1.13. The van der Waals surface area contributed by atoms with Crippen LogP contribution in [0.3, 0.4) is 0 Å². The Hall–Kier alpha value is -2.15. The highest BCUT2D eigenvalue weighted by Gasteiger charge is 2.29. The van der Waals surface area contributed by atoms with Crippen LogP contribution in [0.25, 0.3) is 5.69 Å². The highest BCUT2D eigenvalue weighted by Crippen LogP contribution is 2.26. The van der Waals surface area contributed by atoms with Gasteiger partial charge in [0.05, 0.1) is 11.4 Å². The average molecular weight is 364 g/mol. The number of aromatic nitrogens is 2. The minimum absolute atomic E-state index is 0.0175. The van der Waals surface area contributed by atoms with Crippen molar-refractivity contribution in [3.63, 3.8) is 0 Å². The first kappa shape index (κ1) is 14.8. The van der Waals surface area contributed by atoms with Crippen molar-refractivity contribution in [3.05, 3.63) is 45.7 Å². The molecule has 22 heavy (non-hydrogen) atoms. The first-order valence-corrected chi connectivity index (χ1v) is 7.62. The van der Waals surface area contributed by atoms with Crippen LogP contribution in [-0.2, 0) is 17.8 Å². The van der Waals surface area contributed by atoms with Crippen molar-refractivity contribution in [3.8, 4) is 5.69 Å². The third-order valence-corrected chi connectivity index (χ3v) is 4.31. The number of carboxylic acids is 1. The molecule has 1 aliphatic heterocycles. The summed E-state index contributed by atoms with van der Waals surface area (Å²) in [6.07, 6.45) is 0.589. The Kier molecular flexibility index (Phi) is 3.74. The zero-order chi connectivity index (χ0) is 15.9. The number of rotatable bonds is 2. The van der Waals surface area contributed by atoms with Crippen LogP contribution in [0.5, 0.6) is 0 Å². The molecule has 1 aromatic carbocycles. The Morgan fingerprint density at radius 2 is 1.95 bits per heavy atom. The summed E-state index contributed by atoms with van der Waals surface area (Å²) in [6, 6.07) is 7.52. The zero-order valence-corrected chi connectivity index (χ0v) is 13.5. The number of hydrogen-bond donors (Lipinski definition) is 1. The molecule has 6 nitrogen and oxygen atoms in total. The van der Waals surface area contributed by atoms with Gasteiger partial charge in [-0.05, 0) is 24.3 Å². The number of halogens is 1. The number of carbonyl (C=O) groups is 2. The van der Waals surface area contributed by atoms with Crippen molar-refractivity contribution in [1.29, 1.82) is 0 Å². The van der Waals surface area contributed by atoms with Gasteiger partial charge in [0.2, 0.25) is 5.91 Å². The van der Waals surface area contributed by atoms with Gasteiger partial charge in [-0.15, -0.1) is 0 Å². The second-order valence-corrected chi connectivity index (χ2v) is 6.07. The Morgan fingerprint density at radius 3 is 2.55 bits per heavy atom. The van der Waals surface area contributed by atoms with Gasteiger partial charge < -0.3 is 10.0 Å². The van der Waals surface area contributed by atoms with E-state index < -0.39 is 5.97 Å². The molecule has 0 aliphatic carbocycles. The van der Waals surface area contributed by atoms with E-state index in [0.717, 1.165) is 15.9 Å². The minimum Gasteiger partial charge on any atom is -0.476 e. The first-order valence-electron chi connectivity index (χ1n) is 6.83. The normalized spacial score (nSPS) is 13.8. The molecule has 0 atom stereocenters. The summed E-state index contributed by atoms with van der Waals surface area (Å²) in [7, 11) is 0. The second-order valence-electron chi connectivity index (χ2n) is 5.16. The van der Waals surface area contributed by atoms with E-state index in [9.17, 15) is 14.7 Å². The van der Waals surface area contributed by atoms with Crippen LogP contribution in [0.2, 0.25) is 0 Å². The topological polar surface area (TPSA) is 75.4 Å². The van der Waals surface area contributed by atoms with Gasteiger partial charge in [-0.2, -0.15) is 5.10 Å². The summed E-state index contributed by atoms with van der Waals surface area (Å²) >= 11 is 3.38. The van der Waals surface area contributed by atoms with Crippen LogP contribution in [0.1, 0.15) is 28.7 Å². The van der Waals surface area contributed by atoms with Gasteiger partial charge in [0.25, 0.3) is 0 Å². The lowest BCUT2D eigenvalue weighted by Gasteiger charge is -2.26. The van der Waals surface area contributed by atoms with Crippen LogP contribution in [-0.4, -0.2) is 38.2 Å². The lowest BCUT2D eigenvalue weighted by Crippen LogP contribution is -2.35. The predicted molar refractivity (Wildman–Crippen MR) is 83.0 cm³/mol. The number of hydrogen-bond acceptors (Lipinski definition) is 3. The van der Waals surface area contributed by atoms with Crippen LogP contribution < -0.4 is 0 Å². The zero-order valence-electron chi connectivity index (χ0n) is 11.9. The molecule has 2 aromatic rings. The van der Waals surface area contributed by atoms with E-state index in [1.807, 2.05) is 24.3 Å². The fraction of sp³-hybridized carbons (Fsp3) is 0.267. The lowest BCUT2D eigenvalue weighted by molar-refractivity contribution is -0.129. The van der Waals surface area contributed by atoms with Crippen molar-refractivity contribution < 1.29 is 14.7 Å². The van der Waals surface area contributed by atoms with Gasteiger partial charge in [-0.3, -0.25) is 4.79 Å². The minimum atomic E-state index is -1.07. The molecule has 0 saturated carbocycles. The average Bonchev–Trinajstić information content (AvgIpc) is 2.87. The van der Waals surface area contributed by atoms with E-state index in [1.54, 1.807) is 9.58 Å². The molecule has 7 heteroatoms. The molecule has 3 rings (SSSR count). The smallest absolute Gasteiger partial charge is 0.356 e. The van der Waals surface area contributed by atoms with Crippen molar-refractivity contribution in [1.82, 2.24) is 14.7 Å². The highest BCUT2D eigenvalue weighted by atomic mass is 79.9. The molecular formula is C15H14BrN3O3. The molecule has 0 spiro atoms. The summed E-state index contributed by atoms with van der Waals surface area (Å²) in [5, 5.41) is 13.6. The fourth-order valence-electron chi connectivity index (χ4n) is 2.66. The molecule has 1 aromatic heterocycles. The van der Waals surface area contributed by atoms with E-state index in [-0.39, 0.29) is 11.6 Å². The highest BCUT2D eigenvalue weighted by molar-refractivity contribution is 9.10. The largest absolute Gasteiger partial charge is 0.476 e. The monoisotopic (exact) mass is 363 g/mol. The van der Waals surface area contributed by atoms with Gasteiger partial charge in [0.15, 0.2) is 5.69 Å². The van der Waals surface area contributed by atoms with E-state index in [4.69, 9.17) is 0 Å². The molecule has 0 fully saturated rings. The van der Waals surface area contributed by atoms with E-state index in [1.165, 1.54) is 6.92 Å². The van der Waals surface area contributed by atoms with Gasteiger partial charge in [0.1, 0.15) is 0 Å². The summed E-state index contributed by atoms with van der Waals surface area (Å²) in [5.41, 5.74) is 2.31. The SMILES string of the molecule is CC(=O)N1CCc2c(c(C(=O)O)nn2-c2ccc(Br)cc2)C1. The molecule has 0 radical (unpaired) electrons. The Morgan fingerprint density at radius 1 is 1.27 bits per heavy atom. The molecule has 0 saturated heterocycles. The number of carboxylic acid groups (broad SMARTS) is 1. The Labute approximate surface area is 135 Å². The third kappa shape index (κ3) is 2.52. The maximum Gasteiger partial charge on any atom is 0.356 e. The van der Waals surface area contributed by atoms with Crippen molar-refractivity contribution in [2.24, 2.45) is 0 Å². The molecule has 114 valence electrons. The predicted octanol–water partition coefficient (Wildman–Crippen LogP) is 2.24. The van der Waals surface area contributed by atoms with Gasteiger partial charge in [-0.1, -0.05) is 15.9 Å². The maximum atomic E-state index is 11.6. The first-order chi connectivity index (χ1) is 10.5. The van der Waals surface area contributed by atoms with Crippen LogP contribution in [0.4, 0.5) is 0 Å². The maximum absolute atomic E-state index is 11.6. The van der Waals surface area contributed by atoms with E-state index in [0.29, 0.717) is 25.1 Å². The fourth-order valence-corrected chi connectivity index (χ4v) is 2.92. The van der Waals surface area contributed by atoms with Gasteiger partial charge in [-0.25, -0.2) is 9.48 Å². The molecule has 0 unspecified atom stereocenters. The summed E-state index contributed by atoms with van der Waals surface area (Å²) in [6.45, 7) is 2.36. The number of amides is 1. The molecule has 1 aliphatic rings. The molecule has 1 N–H and O–H groups in total. The number of carbonyl (C=O) groups excluding carboxylic acids is 1. The molecule has 1 amide bonds. The second kappa shape index (κ2) is 5.57.